The Labute approximate surface area is 93.6 Å². The van der Waals surface area contributed by atoms with Crippen LogP contribution in [0, 0.1) is 11.7 Å². The monoisotopic (exact) mass is 228 g/mol. The van der Waals surface area contributed by atoms with Crippen LogP contribution in [0.5, 0.6) is 0 Å². The number of halogens is 2. The molecule has 4 heteroatoms. The first-order valence-electron chi connectivity index (χ1n) is 5.09. The van der Waals surface area contributed by atoms with Crippen molar-refractivity contribution in [2.24, 2.45) is 11.7 Å². The molecule has 1 aromatic carbocycles. The lowest BCUT2D eigenvalue weighted by Gasteiger charge is -2.18. The first kappa shape index (κ1) is 10.9. The van der Waals surface area contributed by atoms with E-state index in [9.17, 15) is 4.39 Å². The molecule has 1 saturated heterocycles. The third-order valence-corrected chi connectivity index (χ3v) is 3.22. The van der Waals surface area contributed by atoms with E-state index in [4.69, 9.17) is 17.3 Å². The first-order valence-corrected chi connectivity index (χ1v) is 5.47. The Morgan fingerprint density at radius 1 is 1.53 bits per heavy atom. The van der Waals surface area contributed by atoms with Crippen molar-refractivity contribution in [2.45, 2.75) is 12.5 Å². The van der Waals surface area contributed by atoms with Gasteiger partial charge in [-0.2, -0.15) is 0 Å². The van der Waals surface area contributed by atoms with E-state index < -0.39 is 5.82 Å². The molecule has 1 fully saturated rings. The Morgan fingerprint density at radius 2 is 2.33 bits per heavy atom. The maximum atomic E-state index is 13.0. The quantitative estimate of drug-likeness (QED) is 0.814. The van der Waals surface area contributed by atoms with Gasteiger partial charge >= 0.3 is 0 Å². The molecule has 2 rings (SSSR count). The van der Waals surface area contributed by atoms with E-state index in [-0.39, 0.29) is 11.1 Å². The molecule has 2 unspecified atom stereocenters. The zero-order chi connectivity index (χ0) is 10.8. The number of benzene rings is 1. The molecular formula is C11H14ClFN2. The third kappa shape index (κ3) is 2.30. The second-order valence-electron chi connectivity index (χ2n) is 3.95. The van der Waals surface area contributed by atoms with Gasteiger partial charge in [-0.3, -0.25) is 0 Å². The molecule has 1 heterocycles. The minimum Gasteiger partial charge on any atom is -0.324 e. The highest BCUT2D eigenvalue weighted by atomic mass is 35.5. The highest BCUT2D eigenvalue weighted by Gasteiger charge is 2.23. The van der Waals surface area contributed by atoms with Crippen LogP contribution in [0.25, 0.3) is 0 Å². The zero-order valence-electron chi connectivity index (χ0n) is 8.34. The first-order chi connectivity index (χ1) is 7.18. The topological polar surface area (TPSA) is 38.0 Å². The van der Waals surface area contributed by atoms with Gasteiger partial charge in [0.2, 0.25) is 0 Å². The van der Waals surface area contributed by atoms with E-state index in [0.717, 1.165) is 25.1 Å². The molecule has 82 valence electrons. The maximum absolute atomic E-state index is 13.0. The van der Waals surface area contributed by atoms with Gasteiger partial charge in [0.1, 0.15) is 5.82 Å². The third-order valence-electron chi connectivity index (χ3n) is 2.93. The highest BCUT2D eigenvalue weighted by Crippen LogP contribution is 2.27. The van der Waals surface area contributed by atoms with Crippen molar-refractivity contribution in [1.29, 1.82) is 0 Å². The second-order valence-corrected chi connectivity index (χ2v) is 4.36. The molecule has 1 aliphatic heterocycles. The molecule has 0 bridgehead atoms. The number of hydrogen-bond donors (Lipinski definition) is 2. The number of nitrogens with two attached hydrogens (primary N) is 1. The van der Waals surface area contributed by atoms with Crippen molar-refractivity contribution < 1.29 is 4.39 Å². The van der Waals surface area contributed by atoms with Gasteiger partial charge in [-0.1, -0.05) is 17.7 Å². The van der Waals surface area contributed by atoms with Gasteiger partial charge in [0, 0.05) is 6.04 Å². The summed E-state index contributed by atoms with van der Waals surface area (Å²) in [4.78, 5) is 0. The lowest BCUT2D eigenvalue weighted by atomic mass is 9.93. The van der Waals surface area contributed by atoms with Crippen LogP contribution in [0.4, 0.5) is 4.39 Å². The summed E-state index contributed by atoms with van der Waals surface area (Å²) in [5.41, 5.74) is 7.01. The lowest BCUT2D eigenvalue weighted by molar-refractivity contribution is 0.469. The molecule has 0 saturated carbocycles. The van der Waals surface area contributed by atoms with Crippen LogP contribution in [-0.4, -0.2) is 13.1 Å². The molecule has 0 amide bonds. The number of nitrogens with one attached hydrogen (secondary N) is 1. The Bertz CT molecular complexity index is 350. The van der Waals surface area contributed by atoms with Crippen LogP contribution in [0.3, 0.4) is 0 Å². The van der Waals surface area contributed by atoms with Crippen molar-refractivity contribution in [3.63, 3.8) is 0 Å². The largest absolute Gasteiger partial charge is 0.324 e. The van der Waals surface area contributed by atoms with Crippen LogP contribution >= 0.6 is 11.6 Å². The minimum atomic E-state index is -0.392. The van der Waals surface area contributed by atoms with Crippen molar-refractivity contribution in [2.75, 3.05) is 13.1 Å². The van der Waals surface area contributed by atoms with E-state index in [2.05, 4.69) is 5.32 Å². The van der Waals surface area contributed by atoms with Crippen molar-refractivity contribution in [3.05, 3.63) is 34.6 Å². The molecule has 0 spiro atoms. The van der Waals surface area contributed by atoms with E-state index in [1.54, 1.807) is 12.1 Å². The molecule has 1 aliphatic rings. The van der Waals surface area contributed by atoms with E-state index in [0.29, 0.717) is 5.92 Å². The van der Waals surface area contributed by atoms with Gasteiger partial charge in [0.25, 0.3) is 0 Å². The SMILES string of the molecule is NC(c1ccc(F)c(Cl)c1)C1CCNC1. The van der Waals surface area contributed by atoms with Crippen LogP contribution in [0.15, 0.2) is 18.2 Å². The molecular weight excluding hydrogens is 215 g/mol. The van der Waals surface area contributed by atoms with Crippen molar-refractivity contribution in [3.8, 4) is 0 Å². The maximum Gasteiger partial charge on any atom is 0.141 e. The molecule has 1 aromatic rings. The van der Waals surface area contributed by atoms with Crippen molar-refractivity contribution >= 4 is 11.6 Å². The second kappa shape index (κ2) is 4.47. The molecule has 2 atom stereocenters. The van der Waals surface area contributed by atoms with Gasteiger partial charge in [0.15, 0.2) is 0 Å². The normalized spacial score (nSPS) is 23.0. The number of rotatable bonds is 2. The Morgan fingerprint density at radius 3 is 2.93 bits per heavy atom. The predicted molar refractivity (Wildman–Crippen MR) is 59.3 cm³/mol. The summed E-state index contributed by atoms with van der Waals surface area (Å²) in [7, 11) is 0. The Balaban J connectivity index is 2.17. The van der Waals surface area contributed by atoms with Crippen LogP contribution < -0.4 is 11.1 Å². The Hall–Kier alpha value is -0.640. The summed E-state index contributed by atoms with van der Waals surface area (Å²) in [6, 6.07) is 4.65. The van der Waals surface area contributed by atoms with Gasteiger partial charge in [0.05, 0.1) is 5.02 Å². The standard InChI is InChI=1S/C11H14ClFN2/c12-9-5-7(1-2-10(9)13)11(14)8-3-4-15-6-8/h1-2,5,8,11,15H,3-4,6,14H2. The fourth-order valence-corrected chi connectivity index (χ4v) is 2.16. The summed E-state index contributed by atoms with van der Waals surface area (Å²) in [5.74, 6) is 0.0312. The van der Waals surface area contributed by atoms with E-state index in [1.807, 2.05) is 0 Å². The fourth-order valence-electron chi connectivity index (χ4n) is 1.98. The summed E-state index contributed by atoms with van der Waals surface area (Å²) in [6.45, 7) is 1.93. The van der Waals surface area contributed by atoms with Gasteiger partial charge in [-0.25, -0.2) is 4.39 Å². The van der Waals surface area contributed by atoms with Gasteiger partial charge < -0.3 is 11.1 Å². The summed E-state index contributed by atoms with van der Waals surface area (Å²) < 4.78 is 13.0. The lowest BCUT2D eigenvalue weighted by Crippen LogP contribution is -2.23. The Kier molecular flexibility index (Phi) is 3.24. The summed E-state index contributed by atoms with van der Waals surface area (Å²) in [5, 5.41) is 3.41. The zero-order valence-corrected chi connectivity index (χ0v) is 9.10. The van der Waals surface area contributed by atoms with Gasteiger partial charge in [-0.05, 0) is 43.1 Å². The van der Waals surface area contributed by atoms with Crippen LogP contribution in [0.1, 0.15) is 18.0 Å². The molecule has 15 heavy (non-hydrogen) atoms. The van der Waals surface area contributed by atoms with Crippen LogP contribution in [0.2, 0.25) is 5.02 Å². The summed E-state index contributed by atoms with van der Waals surface area (Å²) >= 11 is 5.72. The van der Waals surface area contributed by atoms with Gasteiger partial charge in [-0.15, -0.1) is 0 Å². The molecule has 0 aromatic heterocycles. The minimum absolute atomic E-state index is 0.0573. The van der Waals surface area contributed by atoms with E-state index >= 15 is 0 Å². The van der Waals surface area contributed by atoms with Crippen molar-refractivity contribution in [1.82, 2.24) is 5.32 Å². The van der Waals surface area contributed by atoms with E-state index in [1.165, 1.54) is 6.07 Å². The average Bonchev–Trinajstić information content (AvgIpc) is 2.74. The molecule has 2 nitrogen and oxygen atoms in total. The molecule has 0 radical (unpaired) electrons. The predicted octanol–water partition coefficient (Wildman–Crippen LogP) is 2.09. The molecule has 3 N–H and O–H groups in total. The summed E-state index contributed by atoms with van der Waals surface area (Å²) in [6.07, 6.45) is 1.07. The highest BCUT2D eigenvalue weighted by molar-refractivity contribution is 6.30. The average molecular weight is 229 g/mol. The molecule has 0 aliphatic carbocycles. The van der Waals surface area contributed by atoms with Crippen LogP contribution in [-0.2, 0) is 0 Å². The smallest absolute Gasteiger partial charge is 0.141 e. The fraction of sp³-hybridized carbons (Fsp3) is 0.455. The number of hydrogen-bond acceptors (Lipinski definition) is 2.